The highest BCUT2D eigenvalue weighted by atomic mass is 16.4. The van der Waals surface area contributed by atoms with Gasteiger partial charge in [-0.3, -0.25) is 9.20 Å². The van der Waals surface area contributed by atoms with Crippen LogP contribution in [-0.4, -0.2) is 33.7 Å². The summed E-state index contributed by atoms with van der Waals surface area (Å²) in [5, 5.41) is 21.5. The fourth-order valence-electron chi connectivity index (χ4n) is 3.74. The SMILES string of the molecule is Cc1c(-c2ccc(NCCO)cc2)ccn2c(=O)c(C(=O)O)cc(C3CC3)c12. The van der Waals surface area contributed by atoms with Gasteiger partial charge in [-0.25, -0.2) is 4.79 Å². The molecule has 0 unspecified atom stereocenters. The van der Waals surface area contributed by atoms with Gasteiger partial charge in [0.1, 0.15) is 5.56 Å². The topological polar surface area (TPSA) is 91.0 Å². The molecule has 1 fully saturated rings. The van der Waals surface area contributed by atoms with Crippen molar-refractivity contribution < 1.29 is 15.0 Å². The van der Waals surface area contributed by atoms with E-state index in [0.29, 0.717) is 12.5 Å². The number of fused-ring (bicyclic) bond motifs is 1. The van der Waals surface area contributed by atoms with Crippen LogP contribution in [0.1, 0.15) is 40.2 Å². The fraction of sp³-hybridized carbons (Fsp3) is 0.273. The standard InChI is InChI=1S/C22H22N2O4/c1-13-17(14-4-6-16(7-5-14)23-9-11-25)8-10-24-20(13)18(15-2-3-15)12-19(21(24)26)22(27)28/h4-8,10,12,15,23,25H,2-3,9,11H2,1H3,(H,27,28). The highest BCUT2D eigenvalue weighted by Gasteiger charge is 2.29. The number of benzene rings is 1. The largest absolute Gasteiger partial charge is 0.477 e. The number of aliphatic hydroxyl groups excluding tert-OH is 1. The quantitative estimate of drug-likeness (QED) is 0.612. The van der Waals surface area contributed by atoms with Gasteiger partial charge in [-0.05, 0) is 72.2 Å². The van der Waals surface area contributed by atoms with Gasteiger partial charge >= 0.3 is 5.97 Å². The Balaban J connectivity index is 1.87. The Labute approximate surface area is 162 Å². The number of hydrogen-bond donors (Lipinski definition) is 3. The maximum absolute atomic E-state index is 12.7. The molecular weight excluding hydrogens is 356 g/mol. The van der Waals surface area contributed by atoms with Crippen LogP contribution in [0.3, 0.4) is 0 Å². The van der Waals surface area contributed by atoms with Crippen molar-refractivity contribution in [1.82, 2.24) is 4.40 Å². The first-order valence-corrected chi connectivity index (χ1v) is 9.38. The Morgan fingerprint density at radius 2 is 1.93 bits per heavy atom. The zero-order valence-corrected chi connectivity index (χ0v) is 15.6. The lowest BCUT2D eigenvalue weighted by Crippen LogP contribution is -2.23. The molecule has 0 bridgehead atoms. The number of aromatic carboxylic acids is 1. The molecule has 6 heteroatoms. The molecule has 2 heterocycles. The number of aryl methyl sites for hydroxylation is 1. The molecule has 3 N–H and O–H groups in total. The van der Waals surface area contributed by atoms with Crippen molar-refractivity contribution >= 4 is 17.2 Å². The number of nitrogens with zero attached hydrogens (tertiary/aromatic N) is 1. The van der Waals surface area contributed by atoms with Crippen LogP contribution in [0.5, 0.6) is 0 Å². The molecule has 1 saturated carbocycles. The summed E-state index contributed by atoms with van der Waals surface area (Å²) in [5.41, 5.74) is 5.02. The van der Waals surface area contributed by atoms with Crippen molar-refractivity contribution in [3.63, 3.8) is 0 Å². The van der Waals surface area contributed by atoms with Gasteiger partial charge in [-0.15, -0.1) is 0 Å². The molecule has 1 aliphatic rings. The van der Waals surface area contributed by atoms with Crippen molar-refractivity contribution in [2.75, 3.05) is 18.5 Å². The first-order valence-electron chi connectivity index (χ1n) is 9.38. The molecule has 3 aromatic rings. The van der Waals surface area contributed by atoms with E-state index in [1.807, 2.05) is 37.3 Å². The first-order chi connectivity index (χ1) is 13.5. The van der Waals surface area contributed by atoms with Gasteiger partial charge in [-0.1, -0.05) is 12.1 Å². The van der Waals surface area contributed by atoms with Crippen LogP contribution in [0.15, 0.2) is 47.4 Å². The number of hydrogen-bond acceptors (Lipinski definition) is 4. The summed E-state index contributed by atoms with van der Waals surface area (Å²) >= 11 is 0. The molecule has 2 aromatic heterocycles. The maximum Gasteiger partial charge on any atom is 0.341 e. The van der Waals surface area contributed by atoms with Crippen LogP contribution in [-0.2, 0) is 0 Å². The zero-order valence-electron chi connectivity index (χ0n) is 15.6. The molecule has 4 rings (SSSR count). The summed E-state index contributed by atoms with van der Waals surface area (Å²) in [7, 11) is 0. The highest BCUT2D eigenvalue weighted by molar-refractivity contribution is 5.89. The summed E-state index contributed by atoms with van der Waals surface area (Å²) in [6, 6.07) is 11.3. The molecule has 6 nitrogen and oxygen atoms in total. The summed E-state index contributed by atoms with van der Waals surface area (Å²) in [6.07, 6.45) is 3.71. The number of carboxylic acids is 1. The Hall–Kier alpha value is -3.12. The lowest BCUT2D eigenvalue weighted by Gasteiger charge is -2.15. The molecule has 1 aromatic carbocycles. The average molecular weight is 378 g/mol. The summed E-state index contributed by atoms with van der Waals surface area (Å²) in [4.78, 5) is 24.2. The van der Waals surface area contributed by atoms with Crippen LogP contribution < -0.4 is 10.9 Å². The summed E-state index contributed by atoms with van der Waals surface area (Å²) in [6.45, 7) is 2.55. The normalized spacial score (nSPS) is 13.6. The third-order valence-corrected chi connectivity index (χ3v) is 5.30. The lowest BCUT2D eigenvalue weighted by atomic mass is 9.96. The molecule has 28 heavy (non-hydrogen) atoms. The number of pyridine rings is 2. The van der Waals surface area contributed by atoms with E-state index in [4.69, 9.17) is 5.11 Å². The van der Waals surface area contributed by atoms with Crippen LogP contribution >= 0.6 is 0 Å². The van der Waals surface area contributed by atoms with E-state index in [2.05, 4.69) is 5.32 Å². The Kier molecular flexibility index (Phi) is 4.65. The van der Waals surface area contributed by atoms with E-state index in [-0.39, 0.29) is 12.2 Å². The van der Waals surface area contributed by atoms with E-state index >= 15 is 0 Å². The van der Waals surface area contributed by atoms with Crippen LogP contribution in [0.4, 0.5) is 5.69 Å². The minimum Gasteiger partial charge on any atom is -0.477 e. The third kappa shape index (κ3) is 3.16. The monoisotopic (exact) mass is 378 g/mol. The molecule has 0 spiro atoms. The van der Waals surface area contributed by atoms with Gasteiger partial charge in [-0.2, -0.15) is 0 Å². The van der Waals surface area contributed by atoms with Crippen LogP contribution in [0.2, 0.25) is 0 Å². The van der Waals surface area contributed by atoms with E-state index in [0.717, 1.165) is 46.3 Å². The average Bonchev–Trinajstić information content (AvgIpc) is 3.52. The molecular formula is C22H22N2O4. The van der Waals surface area contributed by atoms with Gasteiger partial charge in [0.2, 0.25) is 0 Å². The van der Waals surface area contributed by atoms with Crippen LogP contribution in [0, 0.1) is 6.92 Å². The van der Waals surface area contributed by atoms with Gasteiger partial charge in [0.05, 0.1) is 12.1 Å². The first kappa shape index (κ1) is 18.3. The number of nitrogens with one attached hydrogen (secondary N) is 1. The maximum atomic E-state index is 12.7. The van der Waals surface area contributed by atoms with Crippen molar-refractivity contribution in [1.29, 1.82) is 0 Å². The zero-order chi connectivity index (χ0) is 19.8. The van der Waals surface area contributed by atoms with Gasteiger partial charge in [0.15, 0.2) is 0 Å². The van der Waals surface area contributed by atoms with Gasteiger partial charge in [0, 0.05) is 18.4 Å². The predicted octanol–water partition coefficient (Wildman–Crippen LogP) is 3.25. The Morgan fingerprint density at radius 1 is 1.21 bits per heavy atom. The second kappa shape index (κ2) is 7.13. The minimum atomic E-state index is -1.19. The second-order valence-electron chi connectivity index (χ2n) is 7.20. The van der Waals surface area contributed by atoms with Gasteiger partial charge < -0.3 is 15.5 Å². The predicted molar refractivity (Wildman–Crippen MR) is 108 cm³/mol. The second-order valence-corrected chi connectivity index (χ2v) is 7.20. The number of rotatable bonds is 6. The number of anilines is 1. The van der Waals surface area contributed by atoms with Crippen molar-refractivity contribution in [3.8, 4) is 11.1 Å². The van der Waals surface area contributed by atoms with E-state index < -0.39 is 11.5 Å². The molecule has 0 amide bonds. The number of aliphatic hydroxyl groups is 1. The molecule has 144 valence electrons. The Bertz CT molecular complexity index is 1110. The molecule has 0 aliphatic heterocycles. The number of aromatic nitrogens is 1. The fourth-order valence-corrected chi connectivity index (χ4v) is 3.74. The minimum absolute atomic E-state index is 0.0720. The number of carbonyl (C=O) groups is 1. The highest BCUT2D eigenvalue weighted by Crippen LogP contribution is 2.43. The van der Waals surface area contributed by atoms with E-state index in [1.54, 1.807) is 12.3 Å². The summed E-state index contributed by atoms with van der Waals surface area (Å²) in [5.74, 6) is -0.873. The Morgan fingerprint density at radius 3 is 2.54 bits per heavy atom. The van der Waals surface area contributed by atoms with E-state index in [9.17, 15) is 14.7 Å². The van der Waals surface area contributed by atoms with E-state index in [1.165, 1.54) is 4.40 Å². The lowest BCUT2D eigenvalue weighted by molar-refractivity contribution is 0.0694. The molecule has 0 radical (unpaired) electrons. The molecule has 0 saturated heterocycles. The van der Waals surface area contributed by atoms with Crippen LogP contribution in [0.25, 0.3) is 16.6 Å². The molecule has 1 aliphatic carbocycles. The number of carboxylic acid groups (broad SMARTS) is 1. The van der Waals surface area contributed by atoms with Crippen molar-refractivity contribution in [2.24, 2.45) is 0 Å². The smallest absolute Gasteiger partial charge is 0.341 e. The van der Waals surface area contributed by atoms with Gasteiger partial charge in [0.25, 0.3) is 5.56 Å². The third-order valence-electron chi connectivity index (χ3n) is 5.30. The van der Waals surface area contributed by atoms with Crippen molar-refractivity contribution in [3.05, 3.63) is 69.6 Å². The molecule has 0 atom stereocenters. The summed E-state index contributed by atoms with van der Waals surface area (Å²) < 4.78 is 1.48. The van der Waals surface area contributed by atoms with Crippen molar-refractivity contribution in [2.45, 2.75) is 25.7 Å².